The molecule has 1 aliphatic heterocycles. The van der Waals surface area contributed by atoms with Crippen molar-refractivity contribution in [1.82, 2.24) is 20.1 Å². The van der Waals surface area contributed by atoms with E-state index in [1.807, 2.05) is 54.2 Å². The van der Waals surface area contributed by atoms with E-state index in [-0.39, 0.29) is 18.1 Å². The summed E-state index contributed by atoms with van der Waals surface area (Å²) in [6, 6.07) is 16.2. The number of thiophene rings is 1. The van der Waals surface area contributed by atoms with Crippen LogP contribution in [0, 0.1) is 6.92 Å². The first-order valence-electron chi connectivity index (χ1n) is 11.6. The summed E-state index contributed by atoms with van der Waals surface area (Å²) in [5.41, 5.74) is 3.09. The van der Waals surface area contributed by atoms with E-state index in [0.717, 1.165) is 40.4 Å². The smallest absolute Gasteiger partial charge is 0.261 e. The molecule has 2 unspecified atom stereocenters. The van der Waals surface area contributed by atoms with Crippen LogP contribution in [0.2, 0.25) is 0 Å². The fourth-order valence-electron chi connectivity index (χ4n) is 4.43. The number of pyridine rings is 1. The zero-order valence-corrected chi connectivity index (χ0v) is 20.5. The molecule has 1 aliphatic rings. The number of carbonyl (C=O) groups excluding carboxylic acids is 1. The number of amides is 1. The first kappa shape index (κ1) is 22.6. The number of aryl methyl sites for hydroxylation is 1. The Balaban J connectivity index is 1.24. The van der Waals surface area contributed by atoms with Crippen LogP contribution >= 0.6 is 11.3 Å². The van der Waals surface area contributed by atoms with Gasteiger partial charge in [-0.15, -0.1) is 11.3 Å². The molecule has 1 aromatic carbocycles. The normalized spacial score (nSPS) is 18.4. The van der Waals surface area contributed by atoms with Crippen LogP contribution in [-0.4, -0.2) is 46.0 Å². The number of aromatic nitrogens is 3. The van der Waals surface area contributed by atoms with E-state index in [9.17, 15) is 4.79 Å². The van der Waals surface area contributed by atoms with Gasteiger partial charge in [0.25, 0.3) is 5.91 Å². The van der Waals surface area contributed by atoms with Crippen LogP contribution in [0.5, 0.6) is 0 Å². The number of carbonyl (C=O) groups is 1. The Hall–Kier alpha value is -3.23. The molecule has 1 fully saturated rings. The molecule has 4 heterocycles. The van der Waals surface area contributed by atoms with Gasteiger partial charge in [-0.25, -0.2) is 4.98 Å². The van der Waals surface area contributed by atoms with Gasteiger partial charge in [-0.3, -0.25) is 9.48 Å². The van der Waals surface area contributed by atoms with Crippen molar-refractivity contribution in [3.8, 4) is 0 Å². The Morgan fingerprint density at radius 2 is 1.88 bits per heavy atom. The summed E-state index contributed by atoms with van der Waals surface area (Å²) >= 11 is 1.48. The second kappa shape index (κ2) is 9.56. The quantitative estimate of drug-likeness (QED) is 0.448. The van der Waals surface area contributed by atoms with Gasteiger partial charge in [0.05, 0.1) is 29.3 Å². The third-order valence-electron chi connectivity index (χ3n) is 6.01. The van der Waals surface area contributed by atoms with Gasteiger partial charge >= 0.3 is 0 Å². The van der Waals surface area contributed by atoms with Gasteiger partial charge in [-0.2, -0.15) is 5.10 Å². The van der Waals surface area contributed by atoms with Crippen LogP contribution in [0.25, 0.3) is 10.2 Å². The van der Waals surface area contributed by atoms with Crippen LogP contribution in [0.15, 0.2) is 54.7 Å². The predicted molar refractivity (Wildman–Crippen MR) is 136 cm³/mol. The van der Waals surface area contributed by atoms with Crippen molar-refractivity contribution >= 4 is 33.3 Å². The van der Waals surface area contributed by atoms with Gasteiger partial charge in [-0.1, -0.05) is 36.4 Å². The molecule has 0 radical (unpaired) electrons. The minimum absolute atomic E-state index is 0.0771. The van der Waals surface area contributed by atoms with Gasteiger partial charge in [0, 0.05) is 31.2 Å². The predicted octanol–water partition coefficient (Wildman–Crippen LogP) is 4.39. The van der Waals surface area contributed by atoms with E-state index in [4.69, 9.17) is 4.74 Å². The standard InChI is InChI=1S/C26H29N5O2S/c1-17-14-30(15-18(2)33-17)24-10-9-21(12-27-24)13-28-25(32)23-11-22-19(3)29-31(26(22)34-23)16-20-7-5-4-6-8-20/h4-12,17-18H,13-16H2,1-3H3,(H,28,32). The van der Waals surface area contributed by atoms with E-state index < -0.39 is 0 Å². The number of hydrogen-bond donors (Lipinski definition) is 1. The lowest BCUT2D eigenvalue weighted by Gasteiger charge is -2.36. The van der Waals surface area contributed by atoms with E-state index >= 15 is 0 Å². The van der Waals surface area contributed by atoms with Gasteiger partial charge in [0.2, 0.25) is 0 Å². The van der Waals surface area contributed by atoms with Crippen LogP contribution in [0.1, 0.15) is 40.3 Å². The highest BCUT2D eigenvalue weighted by Gasteiger charge is 2.23. The van der Waals surface area contributed by atoms with E-state index in [1.54, 1.807) is 0 Å². The number of benzene rings is 1. The van der Waals surface area contributed by atoms with Crippen molar-refractivity contribution in [2.75, 3.05) is 18.0 Å². The number of rotatable bonds is 6. The minimum Gasteiger partial charge on any atom is -0.372 e. The Morgan fingerprint density at radius 3 is 2.59 bits per heavy atom. The van der Waals surface area contributed by atoms with Gasteiger partial charge in [-0.05, 0) is 44.0 Å². The molecule has 3 aromatic heterocycles. The summed E-state index contributed by atoms with van der Waals surface area (Å²) in [5.74, 6) is 0.867. The molecule has 4 aromatic rings. The molecular weight excluding hydrogens is 446 g/mol. The van der Waals surface area contributed by atoms with Crippen molar-refractivity contribution in [3.05, 3.63) is 76.4 Å². The van der Waals surface area contributed by atoms with Crippen molar-refractivity contribution in [2.45, 2.75) is 46.1 Å². The summed E-state index contributed by atoms with van der Waals surface area (Å²) in [5, 5.41) is 8.74. The molecule has 2 atom stereocenters. The SMILES string of the molecule is Cc1nn(Cc2ccccc2)c2sc(C(=O)NCc3ccc(N4CC(C)OC(C)C4)nc3)cc12. The van der Waals surface area contributed by atoms with Gasteiger partial charge < -0.3 is 15.0 Å². The number of morpholine rings is 1. The van der Waals surface area contributed by atoms with Gasteiger partial charge in [0.15, 0.2) is 0 Å². The lowest BCUT2D eigenvalue weighted by atomic mass is 10.2. The van der Waals surface area contributed by atoms with E-state index in [2.05, 4.69) is 46.3 Å². The second-order valence-corrected chi connectivity index (χ2v) is 9.96. The molecule has 8 heteroatoms. The summed E-state index contributed by atoms with van der Waals surface area (Å²) in [4.78, 5) is 21.5. The largest absolute Gasteiger partial charge is 0.372 e. The number of nitrogens with zero attached hydrogens (tertiary/aromatic N) is 4. The molecule has 34 heavy (non-hydrogen) atoms. The van der Waals surface area contributed by atoms with Crippen molar-refractivity contribution < 1.29 is 9.53 Å². The highest BCUT2D eigenvalue weighted by Crippen LogP contribution is 2.29. The lowest BCUT2D eigenvalue weighted by Crippen LogP contribution is -2.45. The Kier molecular flexibility index (Phi) is 6.34. The molecular formula is C26H29N5O2S. The van der Waals surface area contributed by atoms with Crippen LogP contribution in [0.4, 0.5) is 5.82 Å². The molecule has 0 spiro atoms. The zero-order valence-electron chi connectivity index (χ0n) is 19.7. The highest BCUT2D eigenvalue weighted by molar-refractivity contribution is 7.20. The van der Waals surface area contributed by atoms with Crippen molar-refractivity contribution in [1.29, 1.82) is 0 Å². The Morgan fingerprint density at radius 1 is 1.12 bits per heavy atom. The number of hydrogen-bond acceptors (Lipinski definition) is 6. The Labute approximate surface area is 203 Å². The number of anilines is 1. The van der Waals surface area contributed by atoms with E-state index in [0.29, 0.717) is 18.0 Å². The summed E-state index contributed by atoms with van der Waals surface area (Å²) in [7, 11) is 0. The average Bonchev–Trinajstić information content (AvgIpc) is 3.39. The summed E-state index contributed by atoms with van der Waals surface area (Å²) in [6.07, 6.45) is 2.22. The monoisotopic (exact) mass is 475 g/mol. The number of ether oxygens (including phenoxy) is 1. The van der Waals surface area contributed by atoms with Crippen LogP contribution in [-0.2, 0) is 17.8 Å². The topological polar surface area (TPSA) is 72.3 Å². The Bertz CT molecular complexity index is 1270. The average molecular weight is 476 g/mol. The fraction of sp³-hybridized carbons (Fsp3) is 0.346. The number of fused-ring (bicyclic) bond motifs is 1. The minimum atomic E-state index is -0.0771. The molecule has 7 nitrogen and oxygen atoms in total. The first-order valence-corrected chi connectivity index (χ1v) is 12.4. The fourth-order valence-corrected chi connectivity index (χ4v) is 5.51. The first-order chi connectivity index (χ1) is 16.5. The molecule has 5 rings (SSSR count). The highest BCUT2D eigenvalue weighted by atomic mass is 32.1. The molecule has 1 saturated heterocycles. The molecule has 1 N–H and O–H groups in total. The van der Waals surface area contributed by atoms with Crippen molar-refractivity contribution in [2.24, 2.45) is 0 Å². The second-order valence-electron chi connectivity index (χ2n) is 8.93. The maximum Gasteiger partial charge on any atom is 0.261 e. The third kappa shape index (κ3) is 4.83. The lowest BCUT2D eigenvalue weighted by molar-refractivity contribution is -0.00546. The third-order valence-corrected chi connectivity index (χ3v) is 7.16. The molecule has 0 saturated carbocycles. The molecule has 0 aliphatic carbocycles. The molecule has 176 valence electrons. The van der Waals surface area contributed by atoms with Crippen molar-refractivity contribution in [3.63, 3.8) is 0 Å². The van der Waals surface area contributed by atoms with Crippen LogP contribution < -0.4 is 10.2 Å². The van der Waals surface area contributed by atoms with Crippen LogP contribution in [0.3, 0.4) is 0 Å². The molecule has 0 bridgehead atoms. The summed E-state index contributed by atoms with van der Waals surface area (Å²) < 4.78 is 7.79. The zero-order chi connectivity index (χ0) is 23.7. The van der Waals surface area contributed by atoms with E-state index in [1.165, 1.54) is 16.9 Å². The number of nitrogens with one attached hydrogen (secondary N) is 1. The summed E-state index contributed by atoms with van der Waals surface area (Å²) in [6.45, 7) is 8.95. The van der Waals surface area contributed by atoms with Gasteiger partial charge in [0.1, 0.15) is 10.6 Å². The maximum atomic E-state index is 12.9. The maximum absolute atomic E-state index is 12.9. The molecule has 1 amide bonds.